The van der Waals surface area contributed by atoms with Crippen molar-refractivity contribution in [3.8, 4) is 0 Å². The first-order chi connectivity index (χ1) is 8.65. The highest BCUT2D eigenvalue weighted by molar-refractivity contribution is 9.09. The van der Waals surface area contributed by atoms with Gasteiger partial charge in [0.05, 0.1) is 22.1 Å². The van der Waals surface area contributed by atoms with E-state index < -0.39 is 0 Å². The van der Waals surface area contributed by atoms with E-state index in [0.717, 1.165) is 22.5 Å². The molecule has 1 aromatic carbocycles. The zero-order chi connectivity index (χ0) is 12.9. The number of ketones is 1. The van der Waals surface area contributed by atoms with Crippen molar-refractivity contribution in [3.05, 3.63) is 35.7 Å². The second kappa shape index (κ2) is 3.95. The molecule has 0 spiro atoms. The van der Waals surface area contributed by atoms with Crippen LogP contribution in [0.15, 0.2) is 24.3 Å². The van der Waals surface area contributed by atoms with Gasteiger partial charge in [-0.05, 0) is 19.1 Å². The minimum absolute atomic E-state index is 0.0522. The summed E-state index contributed by atoms with van der Waals surface area (Å²) in [6.45, 7) is 1.87. The van der Waals surface area contributed by atoms with Crippen molar-refractivity contribution in [2.45, 2.75) is 6.92 Å². The van der Waals surface area contributed by atoms with E-state index in [1.54, 1.807) is 0 Å². The summed E-state index contributed by atoms with van der Waals surface area (Å²) in [5.74, 6) is 0.856. The van der Waals surface area contributed by atoms with Crippen molar-refractivity contribution in [2.75, 3.05) is 5.33 Å². The van der Waals surface area contributed by atoms with Gasteiger partial charge in [0.2, 0.25) is 5.78 Å². The van der Waals surface area contributed by atoms with Gasteiger partial charge in [-0.15, -0.1) is 0 Å². The number of carbonyl (C=O) groups excluding carboxylic acids is 1. The molecular formula is C13H12BrN3O. The molecule has 0 fully saturated rings. The number of rotatable bonds is 2. The fraction of sp³-hybridized carbons (Fsp3) is 0.231. The molecule has 18 heavy (non-hydrogen) atoms. The van der Waals surface area contributed by atoms with Crippen molar-refractivity contribution >= 4 is 38.5 Å². The Labute approximate surface area is 112 Å². The van der Waals surface area contributed by atoms with Gasteiger partial charge in [-0.25, -0.2) is 4.98 Å². The van der Waals surface area contributed by atoms with E-state index in [1.807, 2.05) is 47.2 Å². The molecule has 0 saturated heterocycles. The third-order valence-corrected chi connectivity index (χ3v) is 3.71. The van der Waals surface area contributed by atoms with E-state index in [9.17, 15) is 4.79 Å². The average Bonchev–Trinajstić information content (AvgIpc) is 2.86. The highest BCUT2D eigenvalue weighted by atomic mass is 79.9. The maximum atomic E-state index is 12.0. The molecule has 5 heteroatoms. The second-order valence-electron chi connectivity index (χ2n) is 4.29. The van der Waals surface area contributed by atoms with Gasteiger partial charge < -0.3 is 4.57 Å². The van der Waals surface area contributed by atoms with E-state index in [0.29, 0.717) is 11.0 Å². The lowest BCUT2D eigenvalue weighted by Crippen LogP contribution is -2.05. The summed E-state index contributed by atoms with van der Waals surface area (Å²) in [7, 11) is 1.96. The van der Waals surface area contributed by atoms with Crippen LogP contribution in [0.3, 0.4) is 0 Å². The molecule has 4 nitrogen and oxygen atoms in total. The zero-order valence-corrected chi connectivity index (χ0v) is 11.7. The van der Waals surface area contributed by atoms with E-state index in [4.69, 9.17) is 0 Å². The molecule has 0 unspecified atom stereocenters. The van der Waals surface area contributed by atoms with Gasteiger partial charge in [0.25, 0.3) is 0 Å². The minimum atomic E-state index is 0.0522. The normalized spacial score (nSPS) is 11.5. The second-order valence-corrected chi connectivity index (χ2v) is 4.85. The van der Waals surface area contributed by atoms with Crippen LogP contribution in [0, 0.1) is 6.92 Å². The Morgan fingerprint density at radius 2 is 2.00 bits per heavy atom. The zero-order valence-electron chi connectivity index (χ0n) is 10.1. The van der Waals surface area contributed by atoms with Gasteiger partial charge >= 0.3 is 0 Å². The molecule has 92 valence electrons. The van der Waals surface area contributed by atoms with E-state index in [-0.39, 0.29) is 5.78 Å². The number of carbonyl (C=O) groups is 1. The van der Waals surface area contributed by atoms with Gasteiger partial charge in [0, 0.05) is 7.05 Å². The van der Waals surface area contributed by atoms with Gasteiger partial charge in [0.15, 0.2) is 5.78 Å². The summed E-state index contributed by atoms with van der Waals surface area (Å²) in [5.41, 5.74) is 3.53. The number of imidazole rings is 2. The predicted octanol–water partition coefficient (Wildman–Crippen LogP) is 2.71. The van der Waals surface area contributed by atoms with E-state index in [1.165, 1.54) is 0 Å². The first kappa shape index (κ1) is 11.5. The Morgan fingerprint density at radius 1 is 1.33 bits per heavy atom. The fourth-order valence-corrected chi connectivity index (χ4v) is 2.67. The Morgan fingerprint density at radius 3 is 2.67 bits per heavy atom. The van der Waals surface area contributed by atoms with E-state index in [2.05, 4.69) is 20.9 Å². The number of hydrogen-bond acceptors (Lipinski definition) is 2. The number of aromatic nitrogens is 3. The van der Waals surface area contributed by atoms with Gasteiger partial charge in [0.1, 0.15) is 5.69 Å². The standard InChI is InChI=1S/C13H12BrN3O/c1-8-12(11(18)7-14)17-10-6-4-3-5-9(10)16(2)13(17)15-8/h3-6H,7H2,1-2H3. The number of aryl methyl sites for hydroxylation is 2. The van der Waals surface area contributed by atoms with Crippen LogP contribution in [0.4, 0.5) is 0 Å². The van der Waals surface area contributed by atoms with Crippen LogP contribution in [-0.4, -0.2) is 25.1 Å². The molecule has 0 amide bonds. The lowest BCUT2D eigenvalue weighted by atomic mass is 10.2. The van der Waals surface area contributed by atoms with Crippen LogP contribution in [0.25, 0.3) is 16.8 Å². The first-order valence-corrected chi connectivity index (χ1v) is 6.79. The van der Waals surface area contributed by atoms with Crippen molar-refractivity contribution in [1.82, 2.24) is 14.0 Å². The topological polar surface area (TPSA) is 39.3 Å². The summed E-state index contributed by atoms with van der Waals surface area (Å²) in [5, 5.41) is 0.310. The van der Waals surface area contributed by atoms with Crippen LogP contribution < -0.4 is 0 Å². The summed E-state index contributed by atoms with van der Waals surface area (Å²) in [6, 6.07) is 8.00. The number of alkyl halides is 1. The molecule has 2 aromatic heterocycles. The molecule has 2 heterocycles. The fourth-order valence-electron chi connectivity index (χ4n) is 2.40. The van der Waals surface area contributed by atoms with Crippen molar-refractivity contribution in [3.63, 3.8) is 0 Å². The van der Waals surface area contributed by atoms with Gasteiger partial charge in [-0.3, -0.25) is 9.20 Å². The van der Waals surface area contributed by atoms with Crippen LogP contribution in [0.1, 0.15) is 16.2 Å². The highest BCUT2D eigenvalue weighted by Gasteiger charge is 2.20. The molecule has 0 radical (unpaired) electrons. The van der Waals surface area contributed by atoms with Crippen LogP contribution in [0.5, 0.6) is 0 Å². The third kappa shape index (κ3) is 1.37. The summed E-state index contributed by atoms with van der Waals surface area (Å²) in [4.78, 5) is 16.5. The van der Waals surface area contributed by atoms with Crippen molar-refractivity contribution in [2.24, 2.45) is 7.05 Å². The summed E-state index contributed by atoms with van der Waals surface area (Å²) < 4.78 is 3.95. The lowest BCUT2D eigenvalue weighted by Gasteiger charge is -1.98. The summed E-state index contributed by atoms with van der Waals surface area (Å²) in [6.07, 6.45) is 0. The molecule has 0 atom stereocenters. The van der Waals surface area contributed by atoms with Gasteiger partial charge in [-0.2, -0.15) is 0 Å². The Bertz CT molecular complexity index is 769. The quantitative estimate of drug-likeness (QED) is 0.539. The molecular weight excluding hydrogens is 294 g/mol. The molecule has 0 saturated carbocycles. The predicted molar refractivity (Wildman–Crippen MR) is 74.5 cm³/mol. The number of fused-ring (bicyclic) bond motifs is 3. The smallest absolute Gasteiger partial charge is 0.215 e. The Kier molecular flexibility index (Phi) is 2.52. The summed E-state index contributed by atoms with van der Waals surface area (Å²) >= 11 is 3.23. The number of hydrogen-bond donors (Lipinski definition) is 0. The number of Topliss-reactive ketones (excluding diaryl/α,β-unsaturated/α-hetero) is 1. The third-order valence-electron chi connectivity index (χ3n) is 3.20. The van der Waals surface area contributed by atoms with Crippen LogP contribution in [-0.2, 0) is 7.05 Å². The van der Waals surface area contributed by atoms with E-state index >= 15 is 0 Å². The first-order valence-electron chi connectivity index (χ1n) is 5.66. The molecule has 0 aliphatic rings. The minimum Gasteiger partial charge on any atom is -0.313 e. The molecule has 0 aliphatic heterocycles. The number of para-hydroxylation sites is 2. The van der Waals surface area contributed by atoms with Gasteiger partial charge in [-0.1, -0.05) is 28.1 Å². The average molecular weight is 306 g/mol. The highest BCUT2D eigenvalue weighted by Crippen LogP contribution is 2.23. The maximum Gasteiger partial charge on any atom is 0.215 e. The maximum absolute atomic E-state index is 12.0. The lowest BCUT2D eigenvalue weighted by molar-refractivity contribution is 0.101. The van der Waals surface area contributed by atoms with Crippen molar-refractivity contribution < 1.29 is 4.79 Å². The van der Waals surface area contributed by atoms with Crippen LogP contribution >= 0.6 is 15.9 Å². The number of halogens is 1. The SMILES string of the molecule is Cc1nc2n(C)c3ccccc3n2c1C(=O)CBr. The monoisotopic (exact) mass is 305 g/mol. The molecule has 0 N–H and O–H groups in total. The molecule has 3 rings (SSSR count). The number of nitrogens with zero attached hydrogens (tertiary/aromatic N) is 3. The van der Waals surface area contributed by atoms with Crippen LogP contribution in [0.2, 0.25) is 0 Å². The Balaban J connectivity index is 2.53. The molecule has 0 aliphatic carbocycles. The molecule has 3 aromatic rings. The largest absolute Gasteiger partial charge is 0.313 e. The molecule has 0 bridgehead atoms. The number of benzene rings is 1. The van der Waals surface area contributed by atoms with Crippen molar-refractivity contribution in [1.29, 1.82) is 0 Å². The Hall–Kier alpha value is -1.62.